The summed E-state index contributed by atoms with van der Waals surface area (Å²) >= 11 is 5.76. The number of aromatic nitrogens is 1. The minimum Gasteiger partial charge on any atom is -0.355 e. The molecule has 3 aromatic rings. The van der Waals surface area contributed by atoms with Crippen LogP contribution in [0.1, 0.15) is 16.1 Å². The summed E-state index contributed by atoms with van der Waals surface area (Å²) in [6.45, 7) is 0. The molecule has 0 fully saturated rings. The van der Waals surface area contributed by atoms with Gasteiger partial charge in [-0.05, 0) is 54.6 Å². The predicted octanol–water partition coefficient (Wildman–Crippen LogP) is 4.74. The highest BCUT2D eigenvalue weighted by molar-refractivity contribution is 6.31. The number of pyridine rings is 1. The fourth-order valence-electron chi connectivity index (χ4n) is 2.20. The van der Waals surface area contributed by atoms with E-state index >= 15 is 0 Å². The topological polar surface area (TPSA) is 77.8 Å². The highest BCUT2D eigenvalue weighted by Gasteiger charge is 2.09. The van der Waals surface area contributed by atoms with E-state index in [1.807, 2.05) is 6.07 Å². The van der Waals surface area contributed by atoms with Crippen LogP contribution in [0.3, 0.4) is 0 Å². The number of carbonyl (C=O) groups is 1. The van der Waals surface area contributed by atoms with Crippen molar-refractivity contribution in [2.45, 2.75) is 0 Å². The van der Waals surface area contributed by atoms with Gasteiger partial charge in [0.1, 0.15) is 11.5 Å². The Bertz CT molecular complexity index is 999. The Morgan fingerprint density at radius 1 is 1.04 bits per heavy atom. The average Bonchev–Trinajstić information content (AvgIpc) is 2.65. The van der Waals surface area contributed by atoms with Gasteiger partial charge in [0.2, 0.25) is 0 Å². The van der Waals surface area contributed by atoms with Crippen LogP contribution in [-0.2, 0) is 0 Å². The Morgan fingerprint density at radius 2 is 1.73 bits per heavy atom. The molecule has 0 spiro atoms. The van der Waals surface area contributed by atoms with Gasteiger partial charge in [0.25, 0.3) is 5.91 Å². The first-order chi connectivity index (χ1) is 12.5. The molecule has 0 saturated heterocycles. The van der Waals surface area contributed by atoms with Crippen LogP contribution in [0.2, 0.25) is 5.02 Å². The maximum absolute atomic E-state index is 13.2. The molecule has 3 rings (SSSR count). The number of benzene rings is 2. The molecule has 0 unspecified atom stereocenters. The van der Waals surface area contributed by atoms with Gasteiger partial charge in [-0.25, -0.2) is 4.39 Å². The number of halogens is 2. The second kappa shape index (κ2) is 7.64. The number of nitrogens with one attached hydrogen (secondary N) is 2. The van der Waals surface area contributed by atoms with Crippen LogP contribution in [0, 0.1) is 17.1 Å². The molecule has 0 radical (unpaired) electrons. The summed E-state index contributed by atoms with van der Waals surface area (Å²) in [7, 11) is 0. The zero-order valence-corrected chi connectivity index (χ0v) is 14.1. The molecule has 1 amide bonds. The van der Waals surface area contributed by atoms with Crippen LogP contribution in [-0.4, -0.2) is 10.9 Å². The van der Waals surface area contributed by atoms with Gasteiger partial charge in [0.05, 0.1) is 16.7 Å². The van der Waals surface area contributed by atoms with Gasteiger partial charge >= 0.3 is 0 Å². The van der Waals surface area contributed by atoms with E-state index in [-0.39, 0.29) is 10.7 Å². The molecule has 128 valence electrons. The fraction of sp³-hybridized carbons (Fsp3) is 0. The summed E-state index contributed by atoms with van der Waals surface area (Å²) in [6, 6.07) is 16.0. The minimum absolute atomic E-state index is 0.00263. The molecule has 0 aliphatic heterocycles. The van der Waals surface area contributed by atoms with Gasteiger partial charge < -0.3 is 10.6 Å². The first-order valence-electron chi connectivity index (χ1n) is 7.55. The number of rotatable bonds is 4. The molecule has 0 atom stereocenters. The molecule has 1 aromatic heterocycles. The number of anilines is 3. The van der Waals surface area contributed by atoms with Crippen LogP contribution >= 0.6 is 11.6 Å². The lowest BCUT2D eigenvalue weighted by atomic mass is 10.2. The average molecular weight is 367 g/mol. The van der Waals surface area contributed by atoms with Crippen molar-refractivity contribution in [2.75, 3.05) is 10.6 Å². The van der Waals surface area contributed by atoms with E-state index in [0.29, 0.717) is 22.6 Å². The van der Waals surface area contributed by atoms with Crippen LogP contribution in [0.5, 0.6) is 0 Å². The van der Waals surface area contributed by atoms with E-state index in [2.05, 4.69) is 15.6 Å². The number of hydrogen-bond acceptors (Lipinski definition) is 4. The highest BCUT2D eigenvalue weighted by atomic mass is 35.5. The number of nitrogens with zero attached hydrogens (tertiary/aromatic N) is 2. The maximum Gasteiger partial charge on any atom is 0.274 e. The number of nitriles is 1. The Labute approximate surface area is 154 Å². The zero-order valence-electron chi connectivity index (χ0n) is 13.3. The van der Waals surface area contributed by atoms with Crippen molar-refractivity contribution in [3.8, 4) is 6.07 Å². The van der Waals surface area contributed by atoms with Crippen molar-refractivity contribution >= 4 is 34.6 Å². The molecule has 0 aliphatic rings. The molecule has 1 heterocycles. The van der Waals surface area contributed by atoms with Gasteiger partial charge in [-0.3, -0.25) is 9.78 Å². The number of amides is 1. The summed E-state index contributed by atoms with van der Waals surface area (Å²) < 4.78 is 13.2. The second-order valence-electron chi connectivity index (χ2n) is 5.33. The predicted molar refractivity (Wildman–Crippen MR) is 98.0 cm³/mol. The van der Waals surface area contributed by atoms with Crippen LogP contribution in [0.25, 0.3) is 0 Å². The van der Waals surface area contributed by atoms with Crippen molar-refractivity contribution in [3.63, 3.8) is 0 Å². The smallest absolute Gasteiger partial charge is 0.274 e. The monoisotopic (exact) mass is 366 g/mol. The summed E-state index contributed by atoms with van der Waals surface area (Å²) in [5.41, 5.74) is 2.45. The summed E-state index contributed by atoms with van der Waals surface area (Å²) in [6.07, 6.45) is 1.49. The first-order valence-corrected chi connectivity index (χ1v) is 7.92. The second-order valence-corrected chi connectivity index (χ2v) is 5.73. The third kappa shape index (κ3) is 4.15. The van der Waals surface area contributed by atoms with E-state index in [1.54, 1.807) is 36.4 Å². The Morgan fingerprint density at radius 3 is 2.42 bits per heavy atom. The molecule has 7 heteroatoms. The van der Waals surface area contributed by atoms with Crippen molar-refractivity contribution in [2.24, 2.45) is 0 Å². The lowest BCUT2D eigenvalue weighted by Crippen LogP contribution is -2.13. The third-order valence-electron chi connectivity index (χ3n) is 3.47. The Hall–Kier alpha value is -3.43. The van der Waals surface area contributed by atoms with E-state index < -0.39 is 11.7 Å². The van der Waals surface area contributed by atoms with Crippen molar-refractivity contribution in [3.05, 3.63) is 82.9 Å². The lowest BCUT2D eigenvalue weighted by molar-refractivity contribution is 0.102. The van der Waals surface area contributed by atoms with Crippen molar-refractivity contribution in [1.29, 1.82) is 5.26 Å². The number of hydrogen-bond donors (Lipinski definition) is 2. The van der Waals surface area contributed by atoms with Gasteiger partial charge in [-0.2, -0.15) is 5.26 Å². The maximum atomic E-state index is 13.2. The standard InChI is InChI=1S/C19H12ClFN4O/c20-16-9-14(5-6-17(16)21)24-15-7-8-23-18(10-15)19(26)25-13-3-1-12(11-22)2-4-13/h1-10H,(H,23,24)(H,25,26). The van der Waals surface area contributed by atoms with E-state index in [0.717, 1.165) is 0 Å². The van der Waals surface area contributed by atoms with Crippen molar-refractivity contribution in [1.82, 2.24) is 4.98 Å². The van der Waals surface area contributed by atoms with E-state index in [1.165, 1.54) is 24.4 Å². The number of carbonyl (C=O) groups excluding carboxylic acids is 1. The SMILES string of the molecule is N#Cc1ccc(NC(=O)c2cc(Nc3ccc(F)c(Cl)c3)ccn2)cc1. The molecule has 0 saturated carbocycles. The van der Waals surface area contributed by atoms with Crippen molar-refractivity contribution < 1.29 is 9.18 Å². The fourth-order valence-corrected chi connectivity index (χ4v) is 2.38. The normalized spacial score (nSPS) is 10.0. The molecular weight excluding hydrogens is 355 g/mol. The van der Waals surface area contributed by atoms with Crippen LogP contribution < -0.4 is 10.6 Å². The first kappa shape index (κ1) is 17.4. The molecule has 26 heavy (non-hydrogen) atoms. The van der Waals surface area contributed by atoms with E-state index in [4.69, 9.17) is 16.9 Å². The van der Waals surface area contributed by atoms with Gasteiger partial charge in [0.15, 0.2) is 0 Å². The minimum atomic E-state index is -0.505. The quantitative estimate of drug-likeness (QED) is 0.699. The van der Waals surface area contributed by atoms with E-state index in [9.17, 15) is 9.18 Å². The summed E-state index contributed by atoms with van der Waals surface area (Å²) in [5.74, 6) is -0.898. The molecule has 2 aromatic carbocycles. The largest absolute Gasteiger partial charge is 0.355 e. The Balaban J connectivity index is 1.74. The summed E-state index contributed by atoms with van der Waals surface area (Å²) in [4.78, 5) is 16.4. The summed E-state index contributed by atoms with van der Waals surface area (Å²) in [5, 5.41) is 14.5. The third-order valence-corrected chi connectivity index (χ3v) is 3.76. The molecule has 0 bridgehead atoms. The highest BCUT2D eigenvalue weighted by Crippen LogP contribution is 2.23. The van der Waals surface area contributed by atoms with Gasteiger partial charge in [0, 0.05) is 23.3 Å². The molecule has 5 nitrogen and oxygen atoms in total. The van der Waals surface area contributed by atoms with Crippen LogP contribution in [0.15, 0.2) is 60.8 Å². The molecular formula is C19H12ClFN4O. The van der Waals surface area contributed by atoms with Gasteiger partial charge in [-0.1, -0.05) is 11.6 Å². The zero-order chi connectivity index (χ0) is 18.5. The van der Waals surface area contributed by atoms with Gasteiger partial charge in [-0.15, -0.1) is 0 Å². The lowest BCUT2D eigenvalue weighted by Gasteiger charge is -2.09. The molecule has 0 aliphatic carbocycles. The Kier molecular flexibility index (Phi) is 5.11. The molecule has 2 N–H and O–H groups in total. The van der Waals surface area contributed by atoms with Crippen LogP contribution in [0.4, 0.5) is 21.5 Å².